The van der Waals surface area contributed by atoms with Crippen molar-refractivity contribution in [1.82, 2.24) is 14.7 Å². The van der Waals surface area contributed by atoms with Gasteiger partial charge >= 0.3 is 0 Å². The molecule has 3 heterocycles. The van der Waals surface area contributed by atoms with Crippen LogP contribution in [0.1, 0.15) is 378 Å². The molecule has 652 valence electrons. The van der Waals surface area contributed by atoms with E-state index in [1.807, 2.05) is 26.0 Å². The minimum Gasteiger partial charge on any atom is -0.379 e. The van der Waals surface area contributed by atoms with E-state index in [4.69, 9.17) is 4.74 Å². The minimum absolute atomic E-state index is 0. The van der Waals surface area contributed by atoms with Crippen molar-refractivity contribution >= 4 is 10.8 Å². The molecule has 0 atom stereocenters. The number of hydrogen-bond donors (Lipinski definition) is 0. The van der Waals surface area contributed by atoms with Gasteiger partial charge in [0.1, 0.15) is 5.82 Å². The number of aryl methyl sites for hydroxylation is 4. The number of nitrogens with zero attached hydrogens (tertiary/aromatic N) is 3. The zero-order chi connectivity index (χ0) is 81.8. The third-order valence-corrected chi connectivity index (χ3v) is 22.3. The van der Waals surface area contributed by atoms with E-state index < -0.39 is 0 Å². The molecule has 114 heavy (non-hydrogen) atoms. The quantitative estimate of drug-likeness (QED) is 0.115. The van der Waals surface area contributed by atoms with Crippen molar-refractivity contribution in [2.75, 3.05) is 52.5 Å². The molecule has 0 bridgehead atoms. The van der Waals surface area contributed by atoms with Crippen molar-refractivity contribution < 1.29 is 9.13 Å². The lowest BCUT2D eigenvalue weighted by atomic mass is 9.95. The van der Waals surface area contributed by atoms with E-state index in [0.29, 0.717) is 35.6 Å². The van der Waals surface area contributed by atoms with Gasteiger partial charge in [0.25, 0.3) is 0 Å². The van der Waals surface area contributed by atoms with E-state index in [0.717, 1.165) is 79.0 Å². The van der Waals surface area contributed by atoms with E-state index in [9.17, 15) is 4.39 Å². The number of hydrogen-bond acceptors (Lipinski definition) is 4. The summed E-state index contributed by atoms with van der Waals surface area (Å²) in [6, 6.07) is 58.8. The molecule has 7 aromatic rings. The van der Waals surface area contributed by atoms with Crippen LogP contribution >= 0.6 is 0 Å². The number of ether oxygens (including phenoxy) is 1. The van der Waals surface area contributed by atoms with Gasteiger partial charge in [-0.3, -0.25) is 4.90 Å². The number of morpholine rings is 1. The maximum absolute atomic E-state index is 12.8. The smallest absolute Gasteiger partial charge is 0.126 e. The maximum atomic E-state index is 12.8. The highest BCUT2D eigenvalue weighted by Gasteiger charge is 2.39. The van der Waals surface area contributed by atoms with Crippen LogP contribution in [0, 0.1) is 68.5 Å². The fourth-order valence-corrected chi connectivity index (χ4v) is 13.2. The number of likely N-dealkylation sites (tertiary alicyclic amines) is 2. The molecule has 0 spiro atoms. The lowest BCUT2D eigenvalue weighted by molar-refractivity contribution is 0.0238. The molecule has 0 amide bonds. The van der Waals surface area contributed by atoms with Gasteiger partial charge in [-0.05, 0) is 285 Å². The predicted molar refractivity (Wildman–Crippen MR) is 519 cm³/mol. The molecule has 13 rings (SSSR count). The van der Waals surface area contributed by atoms with Crippen LogP contribution in [0.4, 0.5) is 4.39 Å². The average Bonchev–Trinajstić information content (AvgIpc) is 1.64. The Hall–Kier alpha value is -5.43. The summed E-state index contributed by atoms with van der Waals surface area (Å²) in [4.78, 5) is 7.52. The van der Waals surface area contributed by atoms with E-state index in [1.165, 1.54) is 170 Å². The molecule has 4 nitrogen and oxygen atoms in total. The highest BCUT2D eigenvalue weighted by molar-refractivity contribution is 5.83. The normalized spacial score (nSPS) is 15.1. The topological polar surface area (TPSA) is 19.0 Å². The fourth-order valence-electron chi connectivity index (χ4n) is 13.2. The molecule has 0 aromatic heterocycles. The molecular weight excluding hydrogens is 1390 g/mol. The molecule has 7 aromatic carbocycles. The molecule has 6 fully saturated rings. The van der Waals surface area contributed by atoms with Gasteiger partial charge in [-0.1, -0.05) is 357 Å². The van der Waals surface area contributed by atoms with Gasteiger partial charge in [0, 0.05) is 31.2 Å². The van der Waals surface area contributed by atoms with Crippen molar-refractivity contribution in [3.8, 4) is 0 Å². The number of rotatable bonds is 13. The number of fused-ring (bicyclic) bond motifs is 1. The Labute approximate surface area is 711 Å². The number of benzene rings is 7. The number of halogens is 1. The second-order valence-electron chi connectivity index (χ2n) is 36.3. The van der Waals surface area contributed by atoms with Crippen LogP contribution in [-0.4, -0.2) is 85.3 Å². The van der Waals surface area contributed by atoms with E-state index >= 15 is 0 Å². The molecular formula is C109H188FN3O. The summed E-state index contributed by atoms with van der Waals surface area (Å²) < 4.78 is 18.0. The summed E-state index contributed by atoms with van der Waals surface area (Å²) in [7, 11) is 0. The Morgan fingerprint density at radius 1 is 0.360 bits per heavy atom. The third kappa shape index (κ3) is 51.7. The second kappa shape index (κ2) is 63.6. The monoisotopic (exact) mass is 1570 g/mol. The molecule has 3 saturated carbocycles. The summed E-state index contributed by atoms with van der Waals surface area (Å²) in [5.41, 5.74) is 14.2. The van der Waals surface area contributed by atoms with Gasteiger partial charge in [0.2, 0.25) is 0 Å². The minimum atomic E-state index is -0.0995. The van der Waals surface area contributed by atoms with Crippen molar-refractivity contribution in [2.45, 2.75) is 369 Å². The summed E-state index contributed by atoms with van der Waals surface area (Å²) in [5.74, 6) is 8.45. The van der Waals surface area contributed by atoms with Gasteiger partial charge in [-0.25, -0.2) is 4.39 Å². The largest absolute Gasteiger partial charge is 0.379 e. The highest BCUT2D eigenvalue weighted by atomic mass is 19.1. The van der Waals surface area contributed by atoms with E-state index in [2.05, 4.69) is 341 Å². The third-order valence-electron chi connectivity index (χ3n) is 22.3. The zero-order valence-corrected chi connectivity index (χ0v) is 75.9. The maximum Gasteiger partial charge on any atom is 0.126 e. The van der Waals surface area contributed by atoms with Crippen LogP contribution < -0.4 is 0 Å². The molecule has 0 unspecified atom stereocenters. The summed E-state index contributed by atoms with van der Waals surface area (Å²) in [6.07, 6.45) is 17.5. The van der Waals surface area contributed by atoms with Crippen LogP contribution in [0.2, 0.25) is 0 Å². The molecule has 3 aliphatic heterocycles. The molecule has 0 N–H and O–H groups in total. The summed E-state index contributed by atoms with van der Waals surface area (Å²) in [5, 5.41) is 2.67. The fraction of sp³-hybridized carbons (Fsp3) is 0.633. The highest BCUT2D eigenvalue weighted by Crippen LogP contribution is 2.51. The first kappa shape index (κ1) is 115. The van der Waals surface area contributed by atoms with Crippen molar-refractivity contribution in [1.29, 1.82) is 0 Å². The average molecular weight is 1580 g/mol. The Morgan fingerprint density at radius 3 is 0.939 bits per heavy atom. The van der Waals surface area contributed by atoms with Crippen LogP contribution in [0.25, 0.3) is 10.8 Å². The first-order chi connectivity index (χ1) is 51.5. The first-order valence-electron chi connectivity index (χ1n) is 43.7. The Balaban J connectivity index is -0.000000579. The van der Waals surface area contributed by atoms with Gasteiger partial charge in [-0.15, -0.1) is 0 Å². The summed E-state index contributed by atoms with van der Waals surface area (Å²) >= 11 is 0. The van der Waals surface area contributed by atoms with E-state index in [1.54, 1.807) is 6.07 Å². The van der Waals surface area contributed by atoms with Crippen molar-refractivity contribution in [3.63, 3.8) is 0 Å². The van der Waals surface area contributed by atoms with Crippen molar-refractivity contribution in [3.05, 3.63) is 225 Å². The summed E-state index contributed by atoms with van der Waals surface area (Å²) in [6.45, 7) is 73.9. The molecule has 0 radical (unpaired) electrons. The standard InChI is InChI=1S/C13H14.4C10H14.C9H11F.C8H17N.C7H15NO.C7H15N.2C7H14.C6H12.5CH4/c1-10(2)12-8-7-11-5-3-4-6-13(11)9-12;2*1-8(2)10-6-4-9(3)5-7-10;2*1-8(2)10-7-5-4-6-9(10)3;1-7(2)8-5-3-4-6-9(8)10;1-8(2)9-6-4-3-5-7-9;1-7(2)8-3-5-9-6-4-8;1-7(2)8-5-3-4-6-8;1-6(2)7(3)4-5-7;1-6(2)5-7-3-4-7;1-5(2)6-3-4-6;;;;;/h3-10H,1-2H3;4*4-8H,1-3H3;3-7H,1-2H3;8H,3-7H2,1-2H3;7H,3-6H2,1-2H3;7H,3-6H2,1-2H3;6H,4-5H2,1-3H3;6-7H,3-5H2,1-2H3;5-6H,3-4H2,1-2H3;5*1H4. The van der Waals surface area contributed by atoms with Gasteiger partial charge in [0.15, 0.2) is 0 Å². The van der Waals surface area contributed by atoms with Crippen molar-refractivity contribution in [2.24, 2.45) is 35.0 Å². The lowest BCUT2D eigenvalue weighted by Gasteiger charge is -2.29. The Bertz CT molecular complexity index is 3170. The number of piperidine rings is 1. The van der Waals surface area contributed by atoms with E-state index in [-0.39, 0.29) is 48.9 Å². The zero-order valence-electron chi connectivity index (χ0n) is 75.9. The Morgan fingerprint density at radius 2 is 0.693 bits per heavy atom. The van der Waals surface area contributed by atoms with Gasteiger partial charge < -0.3 is 14.5 Å². The molecule has 6 aliphatic rings. The molecule has 5 heteroatoms. The van der Waals surface area contributed by atoms with Gasteiger partial charge in [-0.2, -0.15) is 0 Å². The van der Waals surface area contributed by atoms with Crippen LogP contribution in [-0.2, 0) is 4.74 Å². The van der Waals surface area contributed by atoms with Crippen LogP contribution in [0.5, 0.6) is 0 Å². The lowest BCUT2D eigenvalue weighted by Crippen LogP contribution is -2.40. The predicted octanol–water partition coefficient (Wildman–Crippen LogP) is 33.6. The first-order valence-corrected chi connectivity index (χ1v) is 43.7. The molecule has 3 saturated heterocycles. The second-order valence-corrected chi connectivity index (χ2v) is 36.3. The van der Waals surface area contributed by atoms with Crippen LogP contribution in [0.15, 0.2) is 164 Å². The van der Waals surface area contributed by atoms with Gasteiger partial charge in [0.05, 0.1) is 13.2 Å². The SMILES string of the molecule is C.C.C.C.C.CC(C)C1(C)CC1.CC(C)C1CC1.CC(C)CC1CC1.CC(C)N1CCCC1.CC(C)N1CCCCC1.CC(C)N1CCOCC1.CC(C)c1ccc2ccccc2c1.CC(C)c1ccccc1F.Cc1ccc(C(C)C)cc1.Cc1ccc(C(C)C)cc1.Cc1ccccc1C(C)C.Cc1ccccc1C(C)C. The van der Waals surface area contributed by atoms with Crippen LogP contribution in [0.3, 0.4) is 0 Å². The molecule has 3 aliphatic carbocycles. The Kier molecular flexibility index (Phi) is 64.1.